The van der Waals surface area contributed by atoms with E-state index in [0.717, 1.165) is 59.2 Å². The van der Waals surface area contributed by atoms with Crippen LogP contribution in [0.1, 0.15) is 156 Å². The number of hydrogen-bond acceptors (Lipinski definition) is 31. The van der Waals surface area contributed by atoms with Gasteiger partial charge in [-0.25, -0.2) is 0 Å². The largest absolute Gasteiger partial charge is 0.508 e. The normalized spacial score (nSPS) is 28.9. The van der Waals surface area contributed by atoms with Gasteiger partial charge in [0.15, 0.2) is 41.7 Å². The second-order valence-corrected chi connectivity index (χ2v) is 37.0. The van der Waals surface area contributed by atoms with Crippen molar-refractivity contribution >= 4 is 98.7 Å². The number of nitrogens with one attached hydrogen (secondary N) is 6. The first kappa shape index (κ1) is 100. The van der Waals surface area contributed by atoms with Crippen LogP contribution in [0.4, 0.5) is 0 Å². The predicted octanol–water partition coefficient (Wildman–Crippen LogP) is 6.27. The molecule has 0 spiro atoms. The Balaban J connectivity index is 1.02. The Labute approximate surface area is 783 Å². The van der Waals surface area contributed by atoms with Crippen molar-refractivity contribution in [3.8, 4) is 68.2 Å². The third kappa shape index (κ3) is 23.1. The molecule has 6 amide bonds. The number of nitrogens with two attached hydrogens (primary N) is 3. The first-order valence-corrected chi connectivity index (χ1v) is 45.5. The molecule has 7 aromatic carbocycles. The molecule has 7 aromatic rings. The third-order valence-corrected chi connectivity index (χ3v) is 26.4. The molecule has 3 fully saturated rings. The summed E-state index contributed by atoms with van der Waals surface area (Å²) in [5, 5.41) is 133. The van der Waals surface area contributed by atoms with Crippen LogP contribution >= 0.6 is 46.6 Å². The number of carbonyl (C=O) groups excluding carboxylic acids is 9. The van der Waals surface area contributed by atoms with Gasteiger partial charge in [0.25, 0.3) is 0 Å². The highest BCUT2D eigenvalue weighted by Gasteiger charge is 2.53. The highest BCUT2D eigenvalue weighted by molar-refractivity contribution is 8.14. The van der Waals surface area contributed by atoms with Crippen LogP contribution in [0.15, 0.2) is 127 Å². The maximum atomic E-state index is 16.9. The Bertz CT molecular complexity index is 5490. The van der Waals surface area contributed by atoms with E-state index in [1.54, 1.807) is 32.9 Å². The molecule has 8 heterocycles. The number of aliphatic hydroxyl groups excluding tert-OH is 7. The molecule has 133 heavy (non-hydrogen) atoms. The minimum absolute atomic E-state index is 0.107. The number of rotatable bonds is 24. The maximum Gasteiger partial charge on any atom is 0.246 e. The number of aliphatic hydroxyl groups is 7. The van der Waals surface area contributed by atoms with Gasteiger partial charge in [0.2, 0.25) is 52.6 Å². The quantitative estimate of drug-likeness (QED) is 0.0296. The lowest BCUT2D eigenvalue weighted by Gasteiger charge is -2.48. The van der Waals surface area contributed by atoms with E-state index in [2.05, 4.69) is 31.9 Å². The number of aromatic hydroxyl groups is 3. The van der Waals surface area contributed by atoms with Crippen molar-refractivity contribution in [2.45, 2.75) is 227 Å². The summed E-state index contributed by atoms with van der Waals surface area (Å²) in [4.78, 5) is 137. The van der Waals surface area contributed by atoms with Gasteiger partial charge >= 0.3 is 0 Å². The maximum absolute atomic E-state index is 16.9. The number of ether oxygens (including phenoxy) is 8. The van der Waals surface area contributed by atoms with Crippen LogP contribution in [0.3, 0.4) is 0 Å². The number of carbonyl (C=O) groups is 9. The zero-order chi connectivity index (χ0) is 96.1. The van der Waals surface area contributed by atoms with E-state index in [0.29, 0.717) is 23.2 Å². The minimum Gasteiger partial charge on any atom is -0.508 e. The number of primary amides is 1. The molecule has 15 rings (SSSR count). The van der Waals surface area contributed by atoms with Gasteiger partial charge in [-0.3, -0.25) is 43.2 Å². The lowest BCUT2D eigenvalue weighted by atomic mass is 9.84. The monoisotopic (exact) mass is 1920 g/mol. The minimum atomic E-state index is -2.28. The molecule has 23 unspecified atom stereocenters. The Morgan fingerprint density at radius 1 is 0.684 bits per heavy atom. The molecule has 0 saturated carbocycles. The topological polar surface area (TPSA) is 580 Å². The molecule has 36 nitrogen and oxygen atoms in total. The third-order valence-electron chi connectivity index (χ3n) is 24.7. The zero-order valence-electron chi connectivity index (χ0n) is 73.1. The predicted molar refractivity (Wildman–Crippen MR) is 482 cm³/mol. The van der Waals surface area contributed by atoms with Crippen molar-refractivity contribution in [2.75, 3.05) is 25.4 Å². The SMILES string of the molecule is CCC(CC(C)O)C(=O)NC1C(=O)CC(CC(N)=O)C(=O)NC2C(=O)CC3C(=O)NC(C(=O)NC(C(=O)SCC(=O)NCCCN)c4cc(O)cc(O)c4-c4cc3ccc4O)C(OC3CC(C)(N)C(O)C(C)O3)c3ccc(c(Cl)c3)Oc3cc2cc(c3OC2OC(CO)C(O)C(O)C2OC2CC(C)(NCc3ccc(-c4ccc(Cl)cc4)cc3)C(O)C(C)O2)Oc2ccc(cc2Cl)C1O. The number of halogens is 3. The van der Waals surface area contributed by atoms with E-state index < -0.39 is 285 Å². The Kier molecular flexibility index (Phi) is 32.2. The summed E-state index contributed by atoms with van der Waals surface area (Å²) in [5.74, 6) is -19.2. The van der Waals surface area contributed by atoms with E-state index >= 15 is 28.8 Å². The summed E-state index contributed by atoms with van der Waals surface area (Å²) in [6, 6.07) is 21.1. The van der Waals surface area contributed by atoms with Gasteiger partial charge in [0.1, 0.15) is 83.4 Å². The Morgan fingerprint density at radius 2 is 1.32 bits per heavy atom. The number of thioether (sulfide) groups is 1. The molecule has 22 N–H and O–H groups in total. The molecular weight excluding hydrogens is 1810 g/mol. The van der Waals surface area contributed by atoms with E-state index in [1.807, 2.05) is 36.4 Å². The van der Waals surface area contributed by atoms with Crippen LogP contribution in [0.5, 0.6) is 46.0 Å². The summed E-state index contributed by atoms with van der Waals surface area (Å²) < 4.78 is 53.4. The lowest BCUT2D eigenvalue weighted by Crippen LogP contribution is -2.65. The van der Waals surface area contributed by atoms with Crippen LogP contribution < -0.4 is 63.3 Å². The van der Waals surface area contributed by atoms with Crippen molar-refractivity contribution in [1.29, 1.82) is 0 Å². The van der Waals surface area contributed by atoms with Crippen LogP contribution in [0, 0.1) is 11.8 Å². The summed E-state index contributed by atoms with van der Waals surface area (Å²) >= 11 is 21.4. The van der Waals surface area contributed by atoms with Crippen molar-refractivity contribution in [3.05, 3.63) is 176 Å². The van der Waals surface area contributed by atoms with Gasteiger partial charge in [-0.1, -0.05) is 108 Å². The Morgan fingerprint density at radius 3 is 1.94 bits per heavy atom. The summed E-state index contributed by atoms with van der Waals surface area (Å²) in [5.41, 5.74) is 16.0. The first-order chi connectivity index (χ1) is 63.1. The van der Waals surface area contributed by atoms with Crippen LogP contribution in [-0.2, 0) is 73.4 Å². The van der Waals surface area contributed by atoms with Crippen molar-refractivity contribution < 1.29 is 132 Å². The number of phenols is 3. The van der Waals surface area contributed by atoms with Gasteiger partial charge < -0.3 is 138 Å². The highest BCUT2D eigenvalue weighted by atomic mass is 35.5. The average Bonchev–Trinajstić information content (AvgIpc) is 0.770. The van der Waals surface area contributed by atoms with Crippen molar-refractivity contribution in [3.63, 3.8) is 0 Å². The number of ketones is 2. The smallest absolute Gasteiger partial charge is 0.246 e. The highest BCUT2D eigenvalue weighted by Crippen LogP contribution is 2.52. The number of benzene rings is 7. The van der Waals surface area contributed by atoms with Crippen LogP contribution in [-0.4, -0.2) is 226 Å². The molecule has 3 saturated heterocycles. The van der Waals surface area contributed by atoms with E-state index in [4.69, 9.17) is 89.9 Å². The van der Waals surface area contributed by atoms with Crippen LogP contribution in [0.25, 0.3) is 22.3 Å². The molecular formula is C93H108Cl3N9O27S. The lowest BCUT2D eigenvalue weighted by molar-refractivity contribution is -0.334. The first-order valence-electron chi connectivity index (χ1n) is 43.4. The van der Waals surface area contributed by atoms with Gasteiger partial charge in [-0.05, 0) is 172 Å². The number of fused-ring (bicyclic) bond motifs is 15. The molecule has 0 radical (unpaired) electrons. The standard InChI is InChI=1S/C93H108Cl3N9O27S/c1-7-45(25-41(2)107)86(120)104-76-62(111)29-52(32-69(98)113)87(121)102-74-51-30-66(127-64-21-16-49(78(76)115)27-58(64)95)82(132-91-83(80(117)79(116)68(39-106)129-91)131-72-37-93(6,85(119)43(4)126-72)101-38-44-9-11-46(12-10-44)47-13-18-53(94)19-14-47)67(31-51)128-65-22-17-50(28-59(65)96)81(130-71-36-92(5,99)84(118)42(3)125-71)77-89(123)103-75(90(124)133-40-70(114)100-24-8-23-97)57-33-54(108)34-61(110)73(57)56-26-48(15-20-60(56)109)55(35-63(74)112)88(122)105-77/h9-22,26-28,30-31,33-34,41-43,45,52,55,68,71-72,74-81,83-85,91,101,106-110,115-119H,7-8,23-25,29,32,35-40,97,99H2,1-6H3,(H2,98,113)(H,100,114)(H,102,121)(H,103,123)(H,104,120)(H,105,122). The molecule has 0 aromatic heterocycles. The molecule has 23 atom stereocenters. The molecule has 40 heteroatoms. The van der Waals surface area contributed by atoms with Gasteiger partial charge in [0.05, 0.1) is 64.8 Å². The Hall–Kier alpha value is -10.2. The molecule has 8 aliphatic heterocycles. The number of hydrogen-bond donors (Lipinski definition) is 19. The van der Waals surface area contributed by atoms with Crippen molar-refractivity contribution in [1.82, 2.24) is 31.9 Å². The summed E-state index contributed by atoms with van der Waals surface area (Å²) in [7, 11) is 0. The van der Waals surface area contributed by atoms with E-state index in [9.17, 15) is 65.4 Å². The molecule has 0 aliphatic carbocycles. The molecule has 714 valence electrons. The van der Waals surface area contributed by atoms with Gasteiger partial charge in [-0.2, -0.15) is 0 Å². The molecule has 11 bridgehead atoms. The number of amides is 6. The fourth-order valence-electron chi connectivity index (χ4n) is 17.3. The number of Topliss-reactive ketones (excluding diaryl/α,β-unsaturated/α-hetero) is 2. The molecule has 8 aliphatic rings. The fourth-order valence-corrected chi connectivity index (χ4v) is 18.6. The van der Waals surface area contributed by atoms with Gasteiger partial charge in [0, 0.05) is 84.4 Å². The second kappa shape index (κ2) is 42.8. The van der Waals surface area contributed by atoms with Crippen molar-refractivity contribution in [2.24, 2.45) is 29.0 Å². The second-order valence-electron chi connectivity index (χ2n) is 34.8. The van der Waals surface area contributed by atoms with Crippen LogP contribution in [0.2, 0.25) is 15.1 Å². The zero-order valence-corrected chi connectivity index (χ0v) is 76.2. The summed E-state index contributed by atoms with van der Waals surface area (Å²) in [6.07, 6.45) is -25.9. The van der Waals surface area contributed by atoms with E-state index in [-0.39, 0.29) is 78.5 Å². The summed E-state index contributed by atoms with van der Waals surface area (Å²) in [6.45, 7) is 8.83. The average molecular weight is 1920 g/mol. The number of phenolic OH excluding ortho intramolecular Hbond substituents is 3. The van der Waals surface area contributed by atoms with Gasteiger partial charge in [-0.15, -0.1) is 0 Å². The fraction of sp³-hybridized carbons (Fsp3) is 0.452. The van der Waals surface area contributed by atoms with E-state index in [1.165, 1.54) is 57.2 Å².